The highest BCUT2D eigenvalue weighted by Crippen LogP contribution is 2.41. The van der Waals surface area contributed by atoms with Crippen LogP contribution in [0.25, 0.3) is 11.4 Å². The molecule has 0 radical (unpaired) electrons. The van der Waals surface area contributed by atoms with Crippen molar-refractivity contribution in [2.24, 2.45) is 5.73 Å². The lowest BCUT2D eigenvalue weighted by Crippen LogP contribution is -2.38. The van der Waals surface area contributed by atoms with Crippen molar-refractivity contribution < 1.29 is 28.5 Å². The van der Waals surface area contributed by atoms with Gasteiger partial charge in [0.05, 0.1) is 19.8 Å². The zero-order chi connectivity index (χ0) is 27.4. The van der Waals surface area contributed by atoms with E-state index in [9.17, 15) is 9.59 Å². The van der Waals surface area contributed by atoms with Crippen LogP contribution in [0.15, 0.2) is 48.5 Å². The summed E-state index contributed by atoms with van der Waals surface area (Å²) in [6.07, 6.45) is -0.981. The lowest BCUT2D eigenvalue weighted by molar-refractivity contribution is -0.384. The van der Waals surface area contributed by atoms with E-state index in [1.807, 2.05) is 26.0 Å². The molecule has 1 aromatic heterocycles. The highest BCUT2D eigenvalue weighted by molar-refractivity contribution is 6.01. The van der Waals surface area contributed by atoms with Crippen LogP contribution in [-0.2, 0) is 14.2 Å². The minimum absolute atomic E-state index is 0.301. The maximum Gasteiger partial charge on any atom is 0.323 e. The molecule has 12 heteroatoms. The van der Waals surface area contributed by atoms with Crippen LogP contribution in [0.2, 0.25) is 0 Å². The predicted molar refractivity (Wildman–Crippen MR) is 144 cm³/mol. The Morgan fingerprint density at radius 2 is 1.77 bits per heavy atom. The molecule has 2 aromatic carbocycles. The third-order valence-electron chi connectivity index (χ3n) is 6.13. The minimum Gasteiger partial charge on any atom is -0.488 e. The number of anilines is 3. The van der Waals surface area contributed by atoms with Crippen LogP contribution in [0.3, 0.4) is 0 Å². The van der Waals surface area contributed by atoms with Gasteiger partial charge in [-0.1, -0.05) is 6.07 Å². The zero-order valence-electron chi connectivity index (χ0n) is 21.7. The van der Waals surface area contributed by atoms with Crippen LogP contribution >= 0.6 is 0 Å². The molecule has 204 valence electrons. The Kier molecular flexibility index (Phi) is 7.87. The van der Waals surface area contributed by atoms with Gasteiger partial charge >= 0.3 is 6.03 Å². The fourth-order valence-electron chi connectivity index (χ4n) is 4.25. The quantitative estimate of drug-likeness (QED) is 0.394. The van der Waals surface area contributed by atoms with Gasteiger partial charge in [-0.3, -0.25) is 4.79 Å². The smallest absolute Gasteiger partial charge is 0.323 e. The molecule has 0 unspecified atom stereocenters. The first-order valence-electron chi connectivity index (χ1n) is 12.7. The first-order valence-corrected chi connectivity index (χ1v) is 12.7. The summed E-state index contributed by atoms with van der Waals surface area (Å²) >= 11 is 0. The van der Waals surface area contributed by atoms with Crippen LogP contribution < -0.4 is 26.0 Å². The normalized spacial score (nSPS) is 18.7. The number of rotatable bonds is 8. The number of morpholine rings is 1. The van der Waals surface area contributed by atoms with Crippen LogP contribution in [0.1, 0.15) is 36.2 Å². The summed E-state index contributed by atoms with van der Waals surface area (Å²) in [7, 11) is 0. The van der Waals surface area contributed by atoms with Crippen LogP contribution in [0.5, 0.6) is 5.75 Å². The van der Waals surface area contributed by atoms with Gasteiger partial charge in [-0.25, -0.2) is 14.8 Å². The number of amides is 3. The van der Waals surface area contributed by atoms with Gasteiger partial charge < -0.3 is 40.2 Å². The number of nitrogens with zero attached hydrogens (tertiary/aromatic N) is 3. The summed E-state index contributed by atoms with van der Waals surface area (Å²) in [5.41, 5.74) is 7.88. The van der Waals surface area contributed by atoms with Gasteiger partial charge in [-0.15, -0.1) is 0 Å². The van der Waals surface area contributed by atoms with Crippen molar-refractivity contribution in [2.45, 2.75) is 26.4 Å². The summed E-state index contributed by atoms with van der Waals surface area (Å²) in [5, 5.41) is 5.46. The van der Waals surface area contributed by atoms with E-state index >= 15 is 0 Å². The molecule has 12 nitrogen and oxygen atoms in total. The molecule has 2 aliphatic rings. The molecule has 3 aromatic rings. The van der Waals surface area contributed by atoms with Crippen molar-refractivity contribution in [2.75, 3.05) is 48.4 Å². The molecule has 39 heavy (non-hydrogen) atoms. The lowest BCUT2D eigenvalue weighted by atomic mass is 10.1. The topological polar surface area (TPSA) is 150 Å². The summed E-state index contributed by atoms with van der Waals surface area (Å²) < 4.78 is 23.0. The highest BCUT2D eigenvalue weighted by Gasteiger charge is 2.36. The van der Waals surface area contributed by atoms with Crippen molar-refractivity contribution in [1.82, 2.24) is 9.97 Å². The number of carbonyl (C=O) groups excluding carboxylic acids is 2. The van der Waals surface area contributed by atoms with E-state index in [4.69, 9.17) is 34.6 Å². The van der Waals surface area contributed by atoms with E-state index in [-0.39, 0.29) is 6.29 Å². The van der Waals surface area contributed by atoms with Gasteiger partial charge in [0.25, 0.3) is 0 Å². The Morgan fingerprint density at radius 3 is 2.44 bits per heavy atom. The Bertz CT molecular complexity index is 1340. The summed E-state index contributed by atoms with van der Waals surface area (Å²) in [6.45, 7) is 6.66. The van der Waals surface area contributed by atoms with E-state index in [1.165, 1.54) is 6.07 Å². The molecule has 2 saturated heterocycles. The average Bonchev–Trinajstić information content (AvgIpc) is 2.92. The Hall–Kier alpha value is -4.26. The second kappa shape index (κ2) is 11.6. The molecule has 4 N–H and O–H groups in total. The fourth-order valence-corrected chi connectivity index (χ4v) is 4.25. The van der Waals surface area contributed by atoms with Gasteiger partial charge in [0.1, 0.15) is 5.69 Å². The first-order chi connectivity index (χ1) is 18.9. The van der Waals surface area contributed by atoms with Gasteiger partial charge in [0.15, 0.2) is 23.7 Å². The van der Waals surface area contributed by atoms with E-state index in [0.717, 1.165) is 5.56 Å². The van der Waals surface area contributed by atoms with Gasteiger partial charge in [-0.2, -0.15) is 0 Å². The predicted octanol–water partition coefficient (Wildman–Crippen LogP) is 3.51. The van der Waals surface area contributed by atoms with Crippen molar-refractivity contribution in [3.63, 3.8) is 0 Å². The largest absolute Gasteiger partial charge is 0.488 e. The molecule has 0 aliphatic carbocycles. The monoisotopic (exact) mass is 534 g/mol. The summed E-state index contributed by atoms with van der Waals surface area (Å²) in [6, 6.07) is 13.1. The van der Waals surface area contributed by atoms with Gasteiger partial charge in [0, 0.05) is 35.6 Å². The van der Waals surface area contributed by atoms with Crippen molar-refractivity contribution >= 4 is 29.1 Å². The zero-order valence-corrected chi connectivity index (χ0v) is 21.7. The van der Waals surface area contributed by atoms with E-state index in [0.29, 0.717) is 72.9 Å². The molecule has 0 bridgehead atoms. The highest BCUT2D eigenvalue weighted by atomic mass is 16.9. The minimum atomic E-state index is -0.652. The van der Waals surface area contributed by atoms with E-state index in [1.54, 1.807) is 30.3 Å². The number of ether oxygens (including phenoxy) is 4. The van der Waals surface area contributed by atoms with Crippen LogP contribution in [0.4, 0.5) is 22.0 Å². The van der Waals surface area contributed by atoms with Crippen molar-refractivity contribution in [3.05, 3.63) is 59.8 Å². The molecule has 0 atom stereocenters. The number of hydrogen-bond donors (Lipinski definition) is 3. The number of nitrogens with two attached hydrogens (primary N) is 1. The average molecular weight is 535 g/mol. The number of carbonyl (C=O) groups is 2. The molecule has 5 rings (SSSR count). The SMILES string of the molecule is CCOc1c(C2OC(C)O2)nc(-c2ccc(NC(=O)Nc3cccc(C(N)=O)c3)cc2)nc1N1CCOCC1. The molecular formula is C27H30N6O6. The molecule has 0 saturated carbocycles. The van der Waals surface area contributed by atoms with E-state index in [2.05, 4.69) is 15.5 Å². The molecule has 2 fully saturated rings. The third-order valence-corrected chi connectivity index (χ3v) is 6.13. The Morgan fingerprint density at radius 1 is 1.05 bits per heavy atom. The van der Waals surface area contributed by atoms with Crippen molar-refractivity contribution in [3.8, 4) is 17.1 Å². The second-order valence-electron chi connectivity index (χ2n) is 8.89. The van der Waals surface area contributed by atoms with Gasteiger partial charge in [-0.05, 0) is 56.3 Å². The number of primary amides is 1. The molecule has 3 amide bonds. The number of nitrogens with one attached hydrogen (secondary N) is 2. The molecule has 2 aliphatic heterocycles. The first kappa shape index (κ1) is 26.4. The third kappa shape index (κ3) is 6.08. The Labute approximate surface area is 225 Å². The number of aromatic nitrogens is 2. The Balaban J connectivity index is 1.38. The van der Waals surface area contributed by atoms with Crippen molar-refractivity contribution in [1.29, 1.82) is 0 Å². The molecular weight excluding hydrogens is 504 g/mol. The summed E-state index contributed by atoms with van der Waals surface area (Å²) in [5.74, 6) is 1.10. The van der Waals surface area contributed by atoms with E-state index < -0.39 is 18.2 Å². The maximum atomic E-state index is 12.5. The standard InChI is InChI=1S/C27H30N6O6/c1-3-37-22-21(26-38-16(2)39-26)31-24(32-25(22)33-11-13-36-14-12-33)17-7-9-19(10-8-17)29-27(35)30-20-6-4-5-18(15-20)23(28)34/h4-10,15-16,26H,3,11-14H2,1-2H3,(H2,28,34)(H2,29,30,35). The lowest BCUT2D eigenvalue weighted by Gasteiger charge is -2.35. The molecule has 0 spiro atoms. The second-order valence-corrected chi connectivity index (χ2v) is 8.89. The summed E-state index contributed by atoms with van der Waals surface area (Å²) in [4.78, 5) is 35.6. The van der Waals surface area contributed by atoms with Crippen LogP contribution in [0, 0.1) is 0 Å². The maximum absolute atomic E-state index is 12.5. The molecule has 3 heterocycles. The van der Waals surface area contributed by atoms with Crippen LogP contribution in [-0.4, -0.2) is 61.1 Å². The van der Waals surface area contributed by atoms with Gasteiger partial charge in [0.2, 0.25) is 12.2 Å². The fraction of sp³-hybridized carbons (Fsp3) is 0.333. The number of urea groups is 1. The number of hydrogen-bond acceptors (Lipinski definition) is 9. The number of benzene rings is 2.